The normalized spacial score (nSPS) is 11.3. The van der Waals surface area contributed by atoms with Gasteiger partial charge in [0, 0.05) is 28.6 Å². The topological polar surface area (TPSA) is 106 Å². The Bertz CT molecular complexity index is 867. The number of carboxylic acids is 1. The van der Waals surface area contributed by atoms with Crippen molar-refractivity contribution in [1.29, 1.82) is 0 Å². The molecule has 7 nitrogen and oxygen atoms in total. The smallest absolute Gasteiger partial charge is 0.341 e. The van der Waals surface area contributed by atoms with E-state index in [9.17, 15) is 13.2 Å². The fourth-order valence-corrected chi connectivity index (χ4v) is 2.59. The fraction of sp³-hybridized carbons (Fsp3) is 0.214. The molecule has 0 atom stereocenters. The molecule has 122 valence electrons. The van der Waals surface area contributed by atoms with E-state index in [0.717, 1.165) is 6.26 Å². The van der Waals surface area contributed by atoms with Crippen LogP contribution < -0.4 is 4.74 Å². The summed E-state index contributed by atoms with van der Waals surface area (Å²) in [4.78, 5) is 18.5. The lowest BCUT2D eigenvalue weighted by molar-refractivity contribution is -0.139. The van der Waals surface area contributed by atoms with Crippen LogP contribution in [0, 0.1) is 6.92 Å². The highest BCUT2D eigenvalue weighted by Crippen LogP contribution is 2.34. The first-order valence-electron chi connectivity index (χ1n) is 6.36. The van der Waals surface area contributed by atoms with Gasteiger partial charge in [0.2, 0.25) is 15.0 Å². The summed E-state index contributed by atoms with van der Waals surface area (Å²) in [5.41, 5.74) is 1.39. The summed E-state index contributed by atoms with van der Waals surface area (Å²) in [5, 5.41) is 8.86. The molecule has 0 aliphatic carbocycles. The molecule has 0 bridgehead atoms. The van der Waals surface area contributed by atoms with Gasteiger partial charge in [-0.2, -0.15) is 0 Å². The standard InChI is InChI=1S/C14H13ClN2O5S/c1-8-11(6-16-14(17-8)23(2,20)21)10-5-9(15)3-4-12(10)22-7-13(18)19/h3-6H,7H2,1-2H3,(H,18,19). The Labute approximate surface area is 137 Å². The highest BCUT2D eigenvalue weighted by Gasteiger charge is 2.16. The molecule has 2 rings (SSSR count). The van der Waals surface area contributed by atoms with Crippen LogP contribution in [0.25, 0.3) is 11.1 Å². The second-order valence-corrected chi connectivity index (χ2v) is 7.09. The van der Waals surface area contributed by atoms with Gasteiger partial charge in [0.05, 0.1) is 5.69 Å². The monoisotopic (exact) mass is 356 g/mol. The van der Waals surface area contributed by atoms with Gasteiger partial charge in [0.15, 0.2) is 6.61 Å². The molecule has 0 fully saturated rings. The molecule has 1 aromatic heterocycles. The Morgan fingerprint density at radius 1 is 1.35 bits per heavy atom. The predicted octanol–water partition coefficient (Wildman–Crippen LogP) is 1.97. The van der Waals surface area contributed by atoms with E-state index in [0.29, 0.717) is 21.8 Å². The van der Waals surface area contributed by atoms with Crippen molar-refractivity contribution in [3.63, 3.8) is 0 Å². The van der Waals surface area contributed by atoms with Gasteiger partial charge in [-0.15, -0.1) is 0 Å². The lowest BCUT2D eigenvalue weighted by Gasteiger charge is -2.12. The maximum Gasteiger partial charge on any atom is 0.341 e. The van der Waals surface area contributed by atoms with Gasteiger partial charge in [-0.1, -0.05) is 11.6 Å². The molecule has 23 heavy (non-hydrogen) atoms. The number of halogens is 1. The van der Waals surface area contributed by atoms with Gasteiger partial charge in [-0.3, -0.25) is 0 Å². The first-order valence-corrected chi connectivity index (χ1v) is 8.63. The van der Waals surface area contributed by atoms with Crippen molar-refractivity contribution in [2.45, 2.75) is 12.1 Å². The molecule has 0 radical (unpaired) electrons. The number of benzene rings is 1. The van der Waals surface area contributed by atoms with E-state index in [1.165, 1.54) is 12.3 Å². The predicted molar refractivity (Wildman–Crippen MR) is 83.5 cm³/mol. The van der Waals surface area contributed by atoms with Crippen LogP contribution in [0.5, 0.6) is 5.75 Å². The van der Waals surface area contributed by atoms with E-state index in [1.54, 1.807) is 19.1 Å². The van der Waals surface area contributed by atoms with Gasteiger partial charge in [0.1, 0.15) is 5.75 Å². The number of carboxylic acid groups (broad SMARTS) is 1. The van der Waals surface area contributed by atoms with Crippen LogP contribution in [0.3, 0.4) is 0 Å². The van der Waals surface area contributed by atoms with Gasteiger partial charge >= 0.3 is 5.97 Å². The highest BCUT2D eigenvalue weighted by molar-refractivity contribution is 7.90. The van der Waals surface area contributed by atoms with Crippen molar-refractivity contribution in [3.05, 3.63) is 35.1 Å². The summed E-state index contributed by atoms with van der Waals surface area (Å²) in [7, 11) is -3.52. The van der Waals surface area contributed by atoms with Crippen LogP contribution in [0.2, 0.25) is 5.02 Å². The second kappa shape index (κ2) is 6.51. The molecule has 9 heteroatoms. The molecule has 0 unspecified atom stereocenters. The summed E-state index contributed by atoms with van der Waals surface area (Å²) in [5.74, 6) is -0.832. The molecule has 2 aromatic rings. The molecule has 1 heterocycles. The van der Waals surface area contributed by atoms with E-state index in [2.05, 4.69) is 9.97 Å². The van der Waals surface area contributed by atoms with Crippen molar-refractivity contribution in [1.82, 2.24) is 9.97 Å². The van der Waals surface area contributed by atoms with Gasteiger partial charge in [0.25, 0.3) is 0 Å². The summed E-state index contributed by atoms with van der Waals surface area (Å²) >= 11 is 5.98. The summed E-state index contributed by atoms with van der Waals surface area (Å²) in [6.45, 7) is 1.10. The lowest BCUT2D eigenvalue weighted by Crippen LogP contribution is -2.10. The Morgan fingerprint density at radius 2 is 2.04 bits per heavy atom. The molecule has 0 spiro atoms. The summed E-state index contributed by atoms with van der Waals surface area (Å²) in [6, 6.07) is 4.67. The average Bonchev–Trinajstić information content (AvgIpc) is 2.44. The minimum atomic E-state index is -3.52. The second-order valence-electron chi connectivity index (χ2n) is 4.75. The van der Waals surface area contributed by atoms with E-state index in [4.69, 9.17) is 21.4 Å². The zero-order valence-electron chi connectivity index (χ0n) is 12.3. The van der Waals surface area contributed by atoms with E-state index in [1.807, 2.05) is 0 Å². The average molecular weight is 357 g/mol. The number of ether oxygens (including phenoxy) is 1. The minimum Gasteiger partial charge on any atom is -0.481 e. The number of hydrogen-bond acceptors (Lipinski definition) is 6. The third-order valence-electron chi connectivity index (χ3n) is 2.87. The molecule has 0 amide bonds. The summed E-state index contributed by atoms with van der Waals surface area (Å²) in [6.07, 6.45) is 2.36. The molecular weight excluding hydrogens is 344 g/mol. The van der Waals surface area contributed by atoms with Crippen LogP contribution in [0.4, 0.5) is 0 Å². The number of aromatic nitrogens is 2. The maximum absolute atomic E-state index is 11.5. The number of carbonyl (C=O) groups is 1. The number of aryl methyl sites for hydroxylation is 1. The maximum atomic E-state index is 11.5. The fourth-order valence-electron chi connectivity index (χ4n) is 1.87. The van der Waals surface area contributed by atoms with Crippen LogP contribution in [-0.2, 0) is 14.6 Å². The Balaban J connectivity index is 2.53. The zero-order chi connectivity index (χ0) is 17.2. The Hall–Kier alpha value is -2.19. The molecule has 0 aliphatic rings. The number of hydrogen-bond donors (Lipinski definition) is 1. The van der Waals surface area contributed by atoms with Gasteiger partial charge in [-0.05, 0) is 25.1 Å². The quantitative estimate of drug-likeness (QED) is 0.816. The third kappa shape index (κ3) is 4.17. The highest BCUT2D eigenvalue weighted by atomic mass is 35.5. The molecule has 0 aliphatic heterocycles. The minimum absolute atomic E-state index is 0.284. The first kappa shape index (κ1) is 17.2. The number of rotatable bonds is 5. The third-order valence-corrected chi connectivity index (χ3v) is 3.97. The molecule has 0 saturated carbocycles. The lowest BCUT2D eigenvalue weighted by atomic mass is 10.1. The Morgan fingerprint density at radius 3 is 2.61 bits per heavy atom. The first-order chi connectivity index (χ1) is 10.7. The SMILES string of the molecule is Cc1nc(S(C)(=O)=O)ncc1-c1cc(Cl)ccc1OCC(=O)O. The van der Waals surface area contributed by atoms with E-state index >= 15 is 0 Å². The van der Waals surface area contributed by atoms with Crippen molar-refractivity contribution in [2.24, 2.45) is 0 Å². The van der Waals surface area contributed by atoms with Crippen LogP contribution in [-0.4, -0.2) is 42.3 Å². The number of nitrogens with zero attached hydrogens (tertiary/aromatic N) is 2. The molecular formula is C14H13ClN2O5S. The van der Waals surface area contributed by atoms with Gasteiger partial charge in [-0.25, -0.2) is 23.2 Å². The van der Waals surface area contributed by atoms with Crippen LogP contribution >= 0.6 is 11.6 Å². The molecule has 0 saturated heterocycles. The van der Waals surface area contributed by atoms with Gasteiger partial charge < -0.3 is 9.84 Å². The van der Waals surface area contributed by atoms with E-state index in [-0.39, 0.29) is 10.9 Å². The van der Waals surface area contributed by atoms with Crippen molar-refractivity contribution in [2.75, 3.05) is 12.9 Å². The van der Waals surface area contributed by atoms with Crippen molar-refractivity contribution >= 4 is 27.4 Å². The number of aliphatic carboxylic acids is 1. The molecule has 1 aromatic carbocycles. The van der Waals surface area contributed by atoms with E-state index < -0.39 is 22.4 Å². The van der Waals surface area contributed by atoms with Crippen LogP contribution in [0.15, 0.2) is 29.6 Å². The summed E-state index contributed by atoms with van der Waals surface area (Å²) < 4.78 is 28.2. The van der Waals surface area contributed by atoms with Crippen molar-refractivity contribution < 1.29 is 23.1 Å². The zero-order valence-corrected chi connectivity index (χ0v) is 13.8. The number of sulfone groups is 1. The Kier molecular flexibility index (Phi) is 4.86. The molecule has 1 N–H and O–H groups in total. The van der Waals surface area contributed by atoms with Crippen molar-refractivity contribution in [3.8, 4) is 16.9 Å². The van der Waals surface area contributed by atoms with Crippen LogP contribution in [0.1, 0.15) is 5.69 Å². The largest absolute Gasteiger partial charge is 0.481 e.